The summed E-state index contributed by atoms with van der Waals surface area (Å²) in [5.74, 6) is -2.42. The molecule has 36 heteroatoms. The van der Waals surface area contributed by atoms with Crippen LogP contribution >= 0.6 is 0 Å². The fourth-order valence-corrected chi connectivity index (χ4v) is 9.82. The molecule has 0 fully saturated rings. The van der Waals surface area contributed by atoms with Crippen molar-refractivity contribution in [3.63, 3.8) is 0 Å². The summed E-state index contributed by atoms with van der Waals surface area (Å²) in [5.41, 5.74) is -1.02. The number of rotatable bonds is 13. The summed E-state index contributed by atoms with van der Waals surface area (Å²) < 4.78 is 205. The Bertz CT molecular complexity index is 4030. The minimum absolute atomic E-state index is 0.272. The van der Waals surface area contributed by atoms with E-state index in [0.29, 0.717) is 48.5 Å². The van der Waals surface area contributed by atoms with Gasteiger partial charge in [0.2, 0.25) is 0 Å². The van der Waals surface area contributed by atoms with Crippen LogP contribution in [0, 0.1) is 10.1 Å². The maximum Gasteiger partial charge on any atom is 0.297 e. The second-order valence-electron chi connectivity index (χ2n) is 13.3. The van der Waals surface area contributed by atoms with Gasteiger partial charge in [0.25, 0.3) is 66.4 Å². The van der Waals surface area contributed by atoms with Gasteiger partial charge in [-0.15, -0.1) is 25.6 Å². The van der Waals surface area contributed by atoms with Crippen molar-refractivity contribution < 1.29 is 93.0 Å². The third-order valence-corrected chi connectivity index (χ3v) is 14.1. The molecule has 10 N–H and O–H groups in total. The molecule has 0 aromatic heterocycles. The van der Waals surface area contributed by atoms with Crippen LogP contribution in [0.2, 0.25) is 0 Å². The Labute approximate surface area is 379 Å². The van der Waals surface area contributed by atoms with E-state index in [0.717, 1.165) is 18.2 Å². The first-order chi connectivity index (χ1) is 31.1. The van der Waals surface area contributed by atoms with E-state index in [-0.39, 0.29) is 22.5 Å². The van der Waals surface area contributed by atoms with E-state index >= 15 is 0 Å². The van der Waals surface area contributed by atoms with Crippen molar-refractivity contribution in [3.05, 3.63) is 82.9 Å². The Morgan fingerprint density at radius 3 is 1.38 bits per heavy atom. The Morgan fingerprint density at radius 2 is 0.897 bits per heavy atom. The lowest BCUT2D eigenvalue weighted by Crippen LogP contribution is -2.04. The van der Waals surface area contributed by atoms with Crippen LogP contribution in [0.15, 0.2) is 133 Å². The van der Waals surface area contributed by atoms with Gasteiger partial charge in [0.1, 0.15) is 52.9 Å². The molecule has 6 aromatic carbocycles. The van der Waals surface area contributed by atoms with Crippen molar-refractivity contribution in [2.45, 2.75) is 29.4 Å². The first-order valence-corrected chi connectivity index (χ1v) is 25.7. The number of nitrogen functional groups attached to an aromatic ring is 1. The summed E-state index contributed by atoms with van der Waals surface area (Å²) in [5, 5.41) is 52.9. The highest BCUT2D eigenvalue weighted by atomic mass is 32.2. The number of fused-ring (bicyclic) bond motifs is 2. The molecule has 0 atom stereocenters. The SMILES string of the molecule is Nc1c(N=Nc2ccc3c(O)c(N=Nc4ccc(S(=O)(=O)O)cc4S(=O)(=O)O)c(S(=O)(=O)O)cc3c2)c(S(=O)(=O)O)cc2cc(S(=O)(=O)O)c(N=Nc3ccc([N+](=O)[O-])cc3S(=O)(=O)O)c(O)c12. The number of phenols is 2. The number of hydrogen-bond acceptors (Lipinski definition) is 23. The number of phenolic OH excluding ortho intramolecular Hbond substituents is 2. The summed E-state index contributed by atoms with van der Waals surface area (Å²) in [6.45, 7) is 0. The lowest BCUT2D eigenvalue weighted by molar-refractivity contribution is -0.385. The Morgan fingerprint density at radius 1 is 0.456 bits per heavy atom. The molecular formula is C32H22N8O22S6. The van der Waals surface area contributed by atoms with Gasteiger partial charge in [0.15, 0.2) is 11.5 Å². The van der Waals surface area contributed by atoms with E-state index in [9.17, 15) is 98.2 Å². The molecule has 30 nitrogen and oxygen atoms in total. The van der Waals surface area contributed by atoms with Gasteiger partial charge in [-0.1, -0.05) is 0 Å². The Hall–Kier alpha value is -7.10. The zero-order chi connectivity index (χ0) is 50.9. The second-order valence-corrected chi connectivity index (χ2v) is 21.6. The molecule has 6 aromatic rings. The lowest BCUT2D eigenvalue weighted by atomic mass is 10.1. The van der Waals surface area contributed by atoms with E-state index in [1.165, 1.54) is 0 Å². The van der Waals surface area contributed by atoms with Gasteiger partial charge in [-0.2, -0.15) is 55.6 Å². The number of non-ortho nitro benzene ring substituents is 1. The average Bonchev–Trinajstić information content (AvgIpc) is 3.19. The number of nitro groups is 1. The molecule has 0 unspecified atom stereocenters. The molecule has 68 heavy (non-hydrogen) atoms. The van der Waals surface area contributed by atoms with E-state index in [4.69, 9.17) is 5.73 Å². The van der Waals surface area contributed by atoms with Gasteiger partial charge in [-0.3, -0.25) is 37.4 Å². The van der Waals surface area contributed by atoms with E-state index in [1.54, 1.807) is 0 Å². The fourth-order valence-electron chi connectivity index (χ4n) is 5.96. The van der Waals surface area contributed by atoms with Crippen LogP contribution in [0.3, 0.4) is 0 Å². The maximum atomic E-state index is 12.6. The fraction of sp³-hybridized carbons (Fsp3) is 0. The molecular weight excluding hydrogens is 1040 g/mol. The monoisotopic (exact) mass is 1060 g/mol. The van der Waals surface area contributed by atoms with E-state index in [1.807, 2.05) is 0 Å². The number of anilines is 1. The summed E-state index contributed by atoms with van der Waals surface area (Å²) >= 11 is 0. The zero-order valence-electron chi connectivity index (χ0n) is 32.4. The molecule has 358 valence electrons. The molecule has 0 bridgehead atoms. The number of aromatic hydroxyl groups is 2. The van der Waals surface area contributed by atoms with Crippen LogP contribution in [-0.4, -0.2) is 93.0 Å². The van der Waals surface area contributed by atoms with Crippen LogP contribution in [0.1, 0.15) is 0 Å². The molecule has 0 aliphatic carbocycles. The summed E-state index contributed by atoms with van der Waals surface area (Å²) in [4.78, 5) is 2.85. The molecule has 0 amide bonds. The smallest absolute Gasteiger partial charge is 0.297 e. The first kappa shape index (κ1) is 50.3. The summed E-state index contributed by atoms with van der Waals surface area (Å²) in [6, 6.07) is 7.78. The van der Waals surface area contributed by atoms with Gasteiger partial charge in [0, 0.05) is 17.5 Å². The minimum atomic E-state index is -5.50. The van der Waals surface area contributed by atoms with Gasteiger partial charge < -0.3 is 15.9 Å². The minimum Gasteiger partial charge on any atom is -0.505 e. The number of hydrogen-bond donors (Lipinski definition) is 9. The largest absolute Gasteiger partial charge is 0.505 e. The number of nitro benzene ring substituents is 1. The third-order valence-electron chi connectivity index (χ3n) is 8.90. The quantitative estimate of drug-likeness (QED) is 0.0223. The molecule has 6 rings (SSSR count). The molecule has 0 aliphatic heterocycles. The van der Waals surface area contributed by atoms with Gasteiger partial charge in [-0.25, -0.2) is 0 Å². The number of nitrogens with two attached hydrogens (primary N) is 1. The highest BCUT2D eigenvalue weighted by molar-refractivity contribution is 7.87. The standard InChI is InChI=1S/C32H22N8O22S6/c33-27-26-14(10-25(68(60,61)62)30(32(26)42)39-35-19-5-2-16(40(43)44)11-21(19)64(48,49)50)9-23(66(54,55)56)28(27)37-34-15-1-4-18-13(7-15)8-24(67(57,58)59)29(31(18)41)38-36-20-6-3-17(63(45,46)47)12-22(20)65(51,52)53/h1-12,41-42H,33H2,(H,45,46,47)(H,48,49,50)(H,51,52,53)(H,54,55,56)(H,57,58,59)(H,60,61,62). The van der Waals surface area contributed by atoms with Crippen molar-refractivity contribution in [3.8, 4) is 11.5 Å². The summed E-state index contributed by atoms with van der Waals surface area (Å²) in [7, 11) is -32.0. The molecule has 0 saturated heterocycles. The zero-order valence-corrected chi connectivity index (χ0v) is 37.3. The predicted molar refractivity (Wildman–Crippen MR) is 227 cm³/mol. The van der Waals surface area contributed by atoms with Crippen molar-refractivity contribution in [1.82, 2.24) is 0 Å². The van der Waals surface area contributed by atoms with Gasteiger partial charge in [-0.05, 0) is 71.4 Å². The van der Waals surface area contributed by atoms with Gasteiger partial charge >= 0.3 is 0 Å². The third kappa shape index (κ3) is 10.2. The van der Waals surface area contributed by atoms with Crippen LogP contribution in [0.5, 0.6) is 11.5 Å². The van der Waals surface area contributed by atoms with Crippen molar-refractivity contribution >= 4 is 128 Å². The topological polar surface area (TPSA) is 510 Å². The van der Waals surface area contributed by atoms with E-state index in [2.05, 4.69) is 30.7 Å². The Balaban J connectivity index is 1.51. The highest BCUT2D eigenvalue weighted by Crippen LogP contribution is 2.49. The molecule has 0 spiro atoms. The van der Waals surface area contributed by atoms with Crippen LogP contribution in [0.25, 0.3) is 21.5 Å². The van der Waals surface area contributed by atoms with Crippen LogP contribution in [0.4, 0.5) is 45.5 Å². The molecule has 0 saturated carbocycles. The van der Waals surface area contributed by atoms with Crippen molar-refractivity contribution in [2.75, 3.05) is 5.73 Å². The van der Waals surface area contributed by atoms with Crippen LogP contribution in [-0.2, 0) is 60.7 Å². The van der Waals surface area contributed by atoms with Crippen molar-refractivity contribution in [1.29, 1.82) is 0 Å². The maximum absolute atomic E-state index is 12.6. The summed E-state index contributed by atoms with van der Waals surface area (Å²) in [6.07, 6.45) is 0. The number of azo groups is 3. The van der Waals surface area contributed by atoms with Crippen LogP contribution < -0.4 is 5.73 Å². The average molecular weight is 1060 g/mol. The Kier molecular flexibility index (Phi) is 12.7. The molecule has 0 heterocycles. The lowest BCUT2D eigenvalue weighted by Gasteiger charge is -2.14. The normalized spacial score (nSPS) is 13.4. The van der Waals surface area contributed by atoms with Gasteiger partial charge in [0.05, 0.1) is 26.6 Å². The first-order valence-electron chi connectivity index (χ1n) is 17.0. The van der Waals surface area contributed by atoms with E-state index < -0.39 is 157 Å². The number of nitrogens with zero attached hydrogens (tertiary/aromatic N) is 7. The second kappa shape index (κ2) is 17.2. The number of benzene rings is 6. The highest BCUT2D eigenvalue weighted by Gasteiger charge is 2.30. The predicted octanol–water partition coefficient (Wildman–Crippen LogP) is 5.62. The molecule has 0 radical (unpaired) electrons. The van der Waals surface area contributed by atoms with Crippen molar-refractivity contribution in [2.24, 2.45) is 30.7 Å². The molecule has 0 aliphatic rings.